The van der Waals surface area contributed by atoms with Gasteiger partial charge >= 0.3 is 5.97 Å². The standard InChI is InChI=1S/C28H24N4O15S3/c29-18-6-4-15-22(16-5-7-19(30)26(50(44,45)46)24(16)47-23(15)25(18)49(41,42)43)14-3-2-13(10-17(14)28(36)37)27(35)32-20(12-48(38,39)40)21(34)11-31-8-1-9-33/h1-10,20,29,31H,11-12,30H2,(H,32,35)(H,36,37)(H,38,39,40)(H,41,42,43)(H,44,45,46). The molecule has 0 aromatic heterocycles. The van der Waals surface area contributed by atoms with Gasteiger partial charge in [0.15, 0.2) is 26.9 Å². The molecule has 0 saturated heterocycles. The highest BCUT2D eigenvalue weighted by atomic mass is 32.2. The summed E-state index contributed by atoms with van der Waals surface area (Å²) in [4.78, 5) is 46.7. The second kappa shape index (κ2) is 13.8. The molecular formula is C28H24N4O15S3. The van der Waals surface area contributed by atoms with Gasteiger partial charge in [0.2, 0.25) is 0 Å². The Morgan fingerprint density at radius 2 is 1.56 bits per heavy atom. The van der Waals surface area contributed by atoms with Crippen LogP contribution in [0.2, 0.25) is 0 Å². The number of carboxylic acid groups (broad SMARTS) is 1. The first-order valence-corrected chi connectivity index (χ1v) is 18.0. The molecule has 0 saturated carbocycles. The van der Waals surface area contributed by atoms with Crippen molar-refractivity contribution in [3.8, 4) is 22.5 Å². The molecule has 1 aliphatic carbocycles. The summed E-state index contributed by atoms with van der Waals surface area (Å²) >= 11 is 0. The van der Waals surface area contributed by atoms with Crippen molar-refractivity contribution in [2.75, 3.05) is 18.0 Å². The summed E-state index contributed by atoms with van der Waals surface area (Å²) in [6.45, 7) is -0.606. The molecule has 0 radical (unpaired) electrons. The number of nitrogens with two attached hydrogens (primary N) is 1. The number of Topliss-reactive ketones (excluding diaryl/α,β-unsaturated/α-hetero) is 1. The maximum Gasteiger partial charge on any atom is 0.336 e. The van der Waals surface area contributed by atoms with E-state index >= 15 is 0 Å². The molecule has 4 rings (SSSR count). The predicted octanol–water partition coefficient (Wildman–Crippen LogP) is 0.315. The van der Waals surface area contributed by atoms with Crippen LogP contribution < -0.4 is 21.7 Å². The van der Waals surface area contributed by atoms with Gasteiger partial charge < -0.3 is 25.9 Å². The Balaban J connectivity index is 1.98. The van der Waals surface area contributed by atoms with E-state index in [0.717, 1.165) is 54.7 Å². The highest BCUT2D eigenvalue weighted by Crippen LogP contribution is 2.45. The number of carbonyl (C=O) groups excluding carboxylic acids is 3. The first-order chi connectivity index (χ1) is 23.2. The number of rotatable bonds is 13. The number of nitrogens with one attached hydrogen (secondary N) is 3. The number of amides is 1. The molecule has 22 heteroatoms. The fraction of sp³-hybridized carbons (Fsp3) is 0.107. The Morgan fingerprint density at radius 3 is 2.14 bits per heavy atom. The monoisotopic (exact) mass is 752 g/mol. The van der Waals surface area contributed by atoms with Crippen LogP contribution in [0.4, 0.5) is 5.69 Å². The molecule has 0 spiro atoms. The smallest absolute Gasteiger partial charge is 0.336 e. The molecule has 2 aliphatic rings. The Labute approximate surface area is 281 Å². The topological polar surface area (TPSA) is 339 Å². The van der Waals surface area contributed by atoms with Gasteiger partial charge in [-0.3, -0.25) is 33.5 Å². The number of anilines is 1. The van der Waals surface area contributed by atoms with Gasteiger partial charge in [-0.1, -0.05) is 6.07 Å². The van der Waals surface area contributed by atoms with E-state index in [9.17, 15) is 63.2 Å². The molecule has 0 fully saturated rings. The van der Waals surface area contributed by atoms with Crippen LogP contribution in [0, 0.1) is 5.41 Å². The highest BCUT2D eigenvalue weighted by molar-refractivity contribution is 7.86. The summed E-state index contributed by atoms with van der Waals surface area (Å²) in [6.07, 6.45) is 2.40. The molecule has 1 atom stereocenters. The quantitative estimate of drug-likeness (QED) is 0.0299. The second-order valence-electron chi connectivity index (χ2n) is 10.3. The minimum atomic E-state index is -5.28. The number of benzene rings is 3. The van der Waals surface area contributed by atoms with Crippen molar-refractivity contribution in [3.05, 3.63) is 71.2 Å². The Hall–Kier alpha value is -5.52. The van der Waals surface area contributed by atoms with E-state index in [-0.39, 0.29) is 22.1 Å². The Bertz CT molecular complexity index is 2490. The summed E-state index contributed by atoms with van der Waals surface area (Å²) in [5.74, 6) is -5.99. The molecule has 0 bridgehead atoms. The zero-order valence-electron chi connectivity index (χ0n) is 24.8. The van der Waals surface area contributed by atoms with Crippen LogP contribution in [0.25, 0.3) is 33.4 Å². The molecular weight excluding hydrogens is 729 g/mol. The number of ketones is 1. The number of carboxylic acids is 1. The van der Waals surface area contributed by atoms with Crippen LogP contribution >= 0.6 is 0 Å². The molecule has 264 valence electrons. The number of aromatic carboxylic acids is 1. The Kier molecular flexibility index (Phi) is 10.3. The summed E-state index contributed by atoms with van der Waals surface area (Å²) in [7, 11) is -15.4. The third kappa shape index (κ3) is 7.85. The number of allylic oxidation sites excluding steroid dienone is 1. The summed E-state index contributed by atoms with van der Waals surface area (Å²) < 4.78 is 107. The van der Waals surface area contributed by atoms with Crippen molar-refractivity contribution in [3.63, 3.8) is 0 Å². The van der Waals surface area contributed by atoms with E-state index in [1.165, 1.54) is 0 Å². The molecule has 1 unspecified atom stereocenters. The number of carbonyl (C=O) groups is 4. The third-order valence-electron chi connectivity index (χ3n) is 6.94. The van der Waals surface area contributed by atoms with E-state index in [1.807, 2.05) is 0 Å². The lowest BCUT2D eigenvalue weighted by molar-refractivity contribution is -0.119. The molecule has 2 aromatic carbocycles. The lowest BCUT2D eigenvalue weighted by atomic mass is 9.89. The van der Waals surface area contributed by atoms with E-state index < -0.39 is 110 Å². The van der Waals surface area contributed by atoms with Crippen molar-refractivity contribution in [2.24, 2.45) is 0 Å². The lowest BCUT2D eigenvalue weighted by Gasteiger charge is -2.20. The van der Waals surface area contributed by atoms with E-state index in [1.54, 1.807) is 0 Å². The fourth-order valence-electron chi connectivity index (χ4n) is 4.93. The predicted molar refractivity (Wildman–Crippen MR) is 171 cm³/mol. The number of hydrogen-bond acceptors (Lipinski definition) is 14. The molecule has 9 N–H and O–H groups in total. The maximum absolute atomic E-state index is 13.2. The normalized spacial score (nSPS) is 12.9. The minimum absolute atomic E-state index is 0.270. The largest absolute Gasteiger partial charge is 0.478 e. The van der Waals surface area contributed by atoms with E-state index in [0.29, 0.717) is 6.29 Å². The lowest BCUT2D eigenvalue weighted by Crippen LogP contribution is -2.48. The third-order valence-corrected chi connectivity index (χ3v) is 9.55. The van der Waals surface area contributed by atoms with Gasteiger partial charge in [0.25, 0.3) is 36.3 Å². The second-order valence-corrected chi connectivity index (χ2v) is 14.5. The van der Waals surface area contributed by atoms with Crippen LogP contribution in [0.5, 0.6) is 0 Å². The highest BCUT2D eigenvalue weighted by Gasteiger charge is 2.32. The van der Waals surface area contributed by atoms with Crippen LogP contribution in [-0.2, 0) is 39.9 Å². The van der Waals surface area contributed by atoms with Gasteiger partial charge in [-0.05, 0) is 48.0 Å². The van der Waals surface area contributed by atoms with Crippen molar-refractivity contribution in [1.29, 1.82) is 5.41 Å². The Morgan fingerprint density at radius 1 is 0.920 bits per heavy atom. The fourth-order valence-corrected chi connectivity index (χ4v) is 7.11. The zero-order valence-corrected chi connectivity index (χ0v) is 27.3. The molecule has 1 heterocycles. The molecule has 50 heavy (non-hydrogen) atoms. The molecule has 1 amide bonds. The van der Waals surface area contributed by atoms with E-state index in [4.69, 9.17) is 15.6 Å². The van der Waals surface area contributed by atoms with Gasteiger partial charge in [0, 0.05) is 28.3 Å². The van der Waals surface area contributed by atoms with Gasteiger partial charge in [-0.25, -0.2) is 4.79 Å². The number of fused-ring (bicyclic) bond motifs is 2. The average Bonchev–Trinajstić information content (AvgIpc) is 2.99. The summed E-state index contributed by atoms with van der Waals surface area (Å²) in [5.41, 5.74) is 2.32. The first-order valence-electron chi connectivity index (χ1n) is 13.5. The minimum Gasteiger partial charge on any atom is -0.478 e. The first kappa shape index (κ1) is 37.3. The van der Waals surface area contributed by atoms with Crippen molar-refractivity contribution in [2.45, 2.75) is 15.8 Å². The number of hydrogen-bond donors (Lipinski definition) is 8. The van der Waals surface area contributed by atoms with Gasteiger partial charge in [0.1, 0.15) is 18.1 Å². The average molecular weight is 753 g/mol. The van der Waals surface area contributed by atoms with Gasteiger partial charge in [-0.2, -0.15) is 25.3 Å². The SMILES string of the molecule is N=c1ccc2c(-c3ccc(C(=O)NC(CS(=O)(=O)O)C(=O)CNC=CC=O)cc3C(=O)O)c3ccc(N)c(S(=O)(=O)O)c3oc-2c1S(=O)(=O)O. The van der Waals surface area contributed by atoms with Crippen LogP contribution in [-0.4, -0.2) is 86.3 Å². The van der Waals surface area contributed by atoms with Crippen LogP contribution in [0.1, 0.15) is 20.7 Å². The van der Waals surface area contributed by atoms with Crippen molar-refractivity contribution in [1.82, 2.24) is 10.6 Å². The van der Waals surface area contributed by atoms with Crippen LogP contribution in [0.15, 0.2) is 68.9 Å². The number of nitrogen functional groups attached to an aromatic ring is 1. The molecule has 2 aromatic rings. The molecule has 1 aliphatic heterocycles. The summed E-state index contributed by atoms with van der Waals surface area (Å²) in [6, 6.07) is 5.10. The maximum atomic E-state index is 13.2. The molecule has 19 nitrogen and oxygen atoms in total. The number of aldehydes is 1. The van der Waals surface area contributed by atoms with Crippen molar-refractivity contribution >= 4 is 71.0 Å². The van der Waals surface area contributed by atoms with E-state index in [2.05, 4.69) is 10.6 Å². The van der Waals surface area contributed by atoms with Gasteiger partial charge in [-0.15, -0.1) is 0 Å². The van der Waals surface area contributed by atoms with Crippen molar-refractivity contribution < 1.29 is 67.6 Å². The zero-order chi connectivity index (χ0) is 37.3. The van der Waals surface area contributed by atoms with Crippen LogP contribution in [0.3, 0.4) is 0 Å². The van der Waals surface area contributed by atoms with Gasteiger partial charge in [0.05, 0.1) is 23.2 Å². The summed E-state index contributed by atoms with van der Waals surface area (Å²) in [5, 5.41) is 21.6.